The molecule has 1 atom stereocenters. The Morgan fingerprint density at radius 1 is 0.962 bits per heavy atom. The lowest BCUT2D eigenvalue weighted by Gasteiger charge is -2.15. The van der Waals surface area contributed by atoms with Crippen LogP contribution in [0.4, 0.5) is 0 Å². The minimum absolute atomic E-state index is 0.208. The summed E-state index contributed by atoms with van der Waals surface area (Å²) < 4.78 is 15.7. The molecule has 0 saturated heterocycles. The van der Waals surface area contributed by atoms with Gasteiger partial charge in [0.15, 0.2) is 6.10 Å². The molecule has 0 radical (unpaired) electrons. The van der Waals surface area contributed by atoms with E-state index in [1.165, 1.54) is 25.3 Å². The van der Waals surface area contributed by atoms with Gasteiger partial charge >= 0.3 is 5.97 Å². The molecule has 0 amide bonds. The van der Waals surface area contributed by atoms with Gasteiger partial charge in [0.25, 0.3) is 0 Å². The molecule has 0 aliphatic heterocycles. The Morgan fingerprint density at radius 3 is 2.46 bits per heavy atom. The van der Waals surface area contributed by atoms with Crippen molar-refractivity contribution in [2.75, 3.05) is 14.2 Å². The van der Waals surface area contributed by atoms with Crippen molar-refractivity contribution >= 4 is 11.8 Å². The van der Waals surface area contributed by atoms with E-state index in [0.29, 0.717) is 17.1 Å². The Morgan fingerprint density at radius 2 is 1.73 bits per heavy atom. The van der Waals surface area contributed by atoms with Crippen LogP contribution in [0.15, 0.2) is 36.4 Å². The SMILES string of the molecule is COc1ccc(C(=O)O[C@@H](C)C(=O)c2ccc3c(c2)CCC3)c(OC)c1. The average molecular weight is 354 g/mol. The van der Waals surface area contributed by atoms with E-state index in [0.717, 1.165) is 19.3 Å². The number of carbonyl (C=O) groups is 2. The summed E-state index contributed by atoms with van der Waals surface area (Å²) in [6.07, 6.45) is 2.29. The van der Waals surface area contributed by atoms with Gasteiger partial charge < -0.3 is 14.2 Å². The number of Topliss-reactive ketones (excluding diaryl/α,β-unsaturated/α-hetero) is 1. The first-order valence-corrected chi connectivity index (χ1v) is 8.62. The number of rotatable bonds is 6. The van der Waals surface area contributed by atoms with E-state index in [2.05, 4.69) is 0 Å². The summed E-state index contributed by atoms with van der Waals surface area (Å²) >= 11 is 0. The van der Waals surface area contributed by atoms with Crippen LogP contribution in [0.2, 0.25) is 0 Å². The molecule has 0 heterocycles. The molecular formula is C21H22O5. The molecule has 3 rings (SSSR count). The van der Waals surface area contributed by atoms with Gasteiger partial charge in [-0.05, 0) is 55.5 Å². The second-order valence-electron chi connectivity index (χ2n) is 6.32. The third-order valence-electron chi connectivity index (χ3n) is 4.66. The topological polar surface area (TPSA) is 61.8 Å². The van der Waals surface area contributed by atoms with Crippen molar-refractivity contribution in [1.82, 2.24) is 0 Å². The van der Waals surface area contributed by atoms with Crippen LogP contribution in [-0.4, -0.2) is 32.1 Å². The Hall–Kier alpha value is -2.82. The summed E-state index contributed by atoms with van der Waals surface area (Å²) in [5, 5.41) is 0. The molecular weight excluding hydrogens is 332 g/mol. The molecule has 2 aromatic rings. The summed E-state index contributed by atoms with van der Waals surface area (Å²) in [7, 11) is 2.99. The fraction of sp³-hybridized carbons (Fsp3) is 0.333. The Labute approximate surface area is 152 Å². The van der Waals surface area contributed by atoms with Crippen molar-refractivity contribution < 1.29 is 23.8 Å². The molecule has 136 valence electrons. The maximum absolute atomic E-state index is 12.6. The summed E-state index contributed by atoms with van der Waals surface area (Å²) in [6, 6.07) is 10.5. The van der Waals surface area contributed by atoms with Gasteiger partial charge in [-0.25, -0.2) is 4.79 Å². The van der Waals surface area contributed by atoms with E-state index in [-0.39, 0.29) is 11.3 Å². The van der Waals surface area contributed by atoms with Crippen molar-refractivity contribution in [3.63, 3.8) is 0 Å². The van der Waals surface area contributed by atoms with Gasteiger partial charge in [0.1, 0.15) is 17.1 Å². The van der Waals surface area contributed by atoms with Crippen molar-refractivity contribution in [3.8, 4) is 11.5 Å². The monoisotopic (exact) mass is 354 g/mol. The summed E-state index contributed by atoms with van der Waals surface area (Å²) in [4.78, 5) is 25.1. The number of methoxy groups -OCH3 is 2. The Bertz CT molecular complexity index is 840. The van der Waals surface area contributed by atoms with Crippen LogP contribution in [-0.2, 0) is 17.6 Å². The first-order valence-electron chi connectivity index (χ1n) is 8.62. The summed E-state index contributed by atoms with van der Waals surface area (Å²) in [5.41, 5.74) is 3.34. The van der Waals surface area contributed by atoms with E-state index in [1.54, 1.807) is 25.1 Å². The van der Waals surface area contributed by atoms with Crippen molar-refractivity contribution in [1.29, 1.82) is 0 Å². The molecule has 1 aliphatic rings. The molecule has 1 aliphatic carbocycles. The highest BCUT2D eigenvalue weighted by molar-refractivity contribution is 6.02. The van der Waals surface area contributed by atoms with Crippen LogP contribution in [0.1, 0.15) is 45.2 Å². The molecule has 0 aromatic heterocycles. The van der Waals surface area contributed by atoms with Gasteiger partial charge in [-0.15, -0.1) is 0 Å². The average Bonchev–Trinajstić information content (AvgIpc) is 3.14. The maximum atomic E-state index is 12.6. The first-order chi connectivity index (χ1) is 12.5. The molecule has 0 N–H and O–H groups in total. The first kappa shape index (κ1) is 18.0. The molecule has 0 unspecified atom stereocenters. The van der Waals surface area contributed by atoms with Crippen LogP contribution in [0.25, 0.3) is 0 Å². The molecule has 2 aromatic carbocycles. The number of esters is 1. The predicted molar refractivity (Wildman–Crippen MR) is 97.2 cm³/mol. The van der Waals surface area contributed by atoms with Crippen LogP contribution in [0.5, 0.6) is 11.5 Å². The van der Waals surface area contributed by atoms with Gasteiger partial charge in [-0.1, -0.05) is 12.1 Å². The standard InChI is InChI=1S/C21H22O5/c1-13(20(22)16-8-7-14-5-4-6-15(14)11-16)26-21(23)18-10-9-17(24-2)12-19(18)25-3/h7-13H,4-6H2,1-3H3/t13-/m0/s1. The number of benzene rings is 2. The molecule has 26 heavy (non-hydrogen) atoms. The van der Waals surface area contributed by atoms with Gasteiger partial charge in [0.05, 0.1) is 14.2 Å². The van der Waals surface area contributed by atoms with Crippen molar-refractivity contribution in [2.24, 2.45) is 0 Å². The second-order valence-corrected chi connectivity index (χ2v) is 6.32. The van der Waals surface area contributed by atoms with Crippen LogP contribution < -0.4 is 9.47 Å². The number of hydrogen-bond acceptors (Lipinski definition) is 5. The maximum Gasteiger partial charge on any atom is 0.342 e. The highest BCUT2D eigenvalue weighted by Gasteiger charge is 2.24. The zero-order valence-corrected chi connectivity index (χ0v) is 15.2. The number of hydrogen-bond donors (Lipinski definition) is 0. The number of aryl methyl sites for hydroxylation is 2. The fourth-order valence-electron chi connectivity index (χ4n) is 3.20. The van der Waals surface area contributed by atoms with E-state index in [1.807, 2.05) is 18.2 Å². The molecule has 0 saturated carbocycles. The zero-order chi connectivity index (χ0) is 18.7. The van der Waals surface area contributed by atoms with Gasteiger partial charge in [-0.3, -0.25) is 4.79 Å². The minimum Gasteiger partial charge on any atom is -0.497 e. The summed E-state index contributed by atoms with van der Waals surface area (Å²) in [5.74, 6) is 0.0965. The van der Waals surface area contributed by atoms with Crippen molar-refractivity contribution in [2.45, 2.75) is 32.3 Å². The van der Waals surface area contributed by atoms with Gasteiger partial charge in [0, 0.05) is 11.6 Å². The molecule has 0 spiro atoms. The van der Waals surface area contributed by atoms with Crippen molar-refractivity contribution in [3.05, 3.63) is 58.7 Å². The molecule has 0 bridgehead atoms. The van der Waals surface area contributed by atoms with E-state index < -0.39 is 12.1 Å². The Kier molecular flexibility index (Phi) is 5.26. The quantitative estimate of drug-likeness (QED) is 0.586. The van der Waals surface area contributed by atoms with E-state index in [4.69, 9.17) is 14.2 Å². The van der Waals surface area contributed by atoms with Crippen LogP contribution in [0, 0.1) is 0 Å². The molecule has 5 heteroatoms. The lowest BCUT2D eigenvalue weighted by Crippen LogP contribution is -2.24. The molecule has 5 nitrogen and oxygen atoms in total. The highest BCUT2D eigenvalue weighted by Crippen LogP contribution is 2.26. The number of fused-ring (bicyclic) bond motifs is 1. The lowest BCUT2D eigenvalue weighted by molar-refractivity contribution is 0.0316. The van der Waals surface area contributed by atoms with E-state index in [9.17, 15) is 9.59 Å². The van der Waals surface area contributed by atoms with Crippen LogP contribution >= 0.6 is 0 Å². The molecule has 0 fully saturated rings. The number of carbonyl (C=O) groups excluding carboxylic acids is 2. The number of ether oxygens (including phenoxy) is 3. The zero-order valence-electron chi connectivity index (χ0n) is 15.2. The largest absolute Gasteiger partial charge is 0.497 e. The normalized spacial score (nSPS) is 13.7. The minimum atomic E-state index is -0.881. The van der Waals surface area contributed by atoms with Gasteiger partial charge in [-0.2, -0.15) is 0 Å². The second kappa shape index (κ2) is 7.60. The third-order valence-corrected chi connectivity index (χ3v) is 4.66. The Balaban J connectivity index is 1.74. The smallest absolute Gasteiger partial charge is 0.342 e. The van der Waals surface area contributed by atoms with E-state index >= 15 is 0 Å². The summed E-state index contributed by atoms with van der Waals surface area (Å²) in [6.45, 7) is 1.59. The number of ketones is 1. The fourth-order valence-corrected chi connectivity index (χ4v) is 3.20. The lowest BCUT2D eigenvalue weighted by atomic mass is 10.0. The highest BCUT2D eigenvalue weighted by atomic mass is 16.5. The van der Waals surface area contributed by atoms with Gasteiger partial charge in [0.2, 0.25) is 5.78 Å². The third kappa shape index (κ3) is 3.57. The predicted octanol–water partition coefficient (Wildman–Crippen LogP) is 3.62. The van der Waals surface area contributed by atoms with Crippen LogP contribution in [0.3, 0.4) is 0 Å².